The number of anilines is 1. The van der Waals surface area contributed by atoms with Crippen molar-refractivity contribution in [3.05, 3.63) is 28.7 Å². The van der Waals surface area contributed by atoms with E-state index in [2.05, 4.69) is 5.32 Å². The van der Waals surface area contributed by atoms with E-state index in [4.69, 9.17) is 10.2 Å². The molecule has 0 bridgehead atoms. The fourth-order valence-corrected chi connectivity index (χ4v) is 2.72. The lowest BCUT2D eigenvalue weighted by molar-refractivity contribution is -0.122. The standard InChI is InChI=1S/C14H17N3O3/c15-9-5-6-12-11(7-9)17(14(19)20-12)8-13(18)16-10-3-1-2-4-10/h5-7,10H,1-4,8,15H2,(H,16,18). The second kappa shape index (κ2) is 5.03. The lowest BCUT2D eigenvalue weighted by Gasteiger charge is -2.11. The number of oxazole rings is 1. The molecule has 1 aliphatic rings. The van der Waals surface area contributed by atoms with Crippen LogP contribution in [0.4, 0.5) is 5.69 Å². The van der Waals surface area contributed by atoms with Crippen LogP contribution in [-0.2, 0) is 11.3 Å². The molecule has 6 nitrogen and oxygen atoms in total. The highest BCUT2D eigenvalue weighted by atomic mass is 16.4. The maximum absolute atomic E-state index is 12.0. The van der Waals surface area contributed by atoms with E-state index in [9.17, 15) is 9.59 Å². The third-order valence-corrected chi connectivity index (χ3v) is 3.71. The van der Waals surface area contributed by atoms with Crippen molar-refractivity contribution < 1.29 is 9.21 Å². The smallest absolute Gasteiger partial charge is 0.408 e. The van der Waals surface area contributed by atoms with Crippen LogP contribution < -0.4 is 16.8 Å². The molecule has 3 rings (SSSR count). The number of nitrogens with zero attached hydrogens (tertiary/aromatic N) is 1. The first-order valence-corrected chi connectivity index (χ1v) is 6.82. The first-order chi connectivity index (χ1) is 9.63. The number of nitrogens with two attached hydrogens (primary N) is 1. The molecule has 0 atom stereocenters. The largest absolute Gasteiger partial charge is 0.420 e. The second-order valence-electron chi connectivity index (χ2n) is 5.23. The van der Waals surface area contributed by atoms with Crippen molar-refractivity contribution >= 4 is 22.7 Å². The van der Waals surface area contributed by atoms with Gasteiger partial charge in [0, 0.05) is 11.7 Å². The van der Waals surface area contributed by atoms with Crippen LogP contribution in [0.15, 0.2) is 27.4 Å². The molecule has 1 aromatic carbocycles. The highest BCUT2D eigenvalue weighted by Gasteiger charge is 2.19. The molecule has 3 N–H and O–H groups in total. The Hall–Kier alpha value is -2.24. The van der Waals surface area contributed by atoms with E-state index in [1.807, 2.05) is 0 Å². The Morgan fingerprint density at radius 2 is 2.15 bits per heavy atom. The van der Waals surface area contributed by atoms with Crippen molar-refractivity contribution in [1.82, 2.24) is 9.88 Å². The number of aromatic nitrogens is 1. The maximum Gasteiger partial charge on any atom is 0.420 e. The predicted molar refractivity (Wildman–Crippen MR) is 75.3 cm³/mol. The summed E-state index contributed by atoms with van der Waals surface area (Å²) < 4.78 is 6.41. The Kier molecular flexibility index (Phi) is 3.22. The quantitative estimate of drug-likeness (QED) is 0.824. The number of carbonyl (C=O) groups is 1. The zero-order valence-corrected chi connectivity index (χ0v) is 11.1. The lowest BCUT2D eigenvalue weighted by atomic mass is 10.2. The third-order valence-electron chi connectivity index (χ3n) is 3.71. The van der Waals surface area contributed by atoms with Crippen molar-refractivity contribution in [3.63, 3.8) is 0 Å². The molecule has 1 aliphatic carbocycles. The van der Waals surface area contributed by atoms with Crippen molar-refractivity contribution in [2.45, 2.75) is 38.3 Å². The predicted octanol–water partition coefficient (Wildman–Crippen LogP) is 1.24. The number of nitrogen functional groups attached to an aromatic ring is 1. The SMILES string of the molecule is Nc1ccc2oc(=O)n(CC(=O)NC3CCCC3)c2c1. The van der Waals surface area contributed by atoms with Gasteiger partial charge in [-0.1, -0.05) is 12.8 Å². The first-order valence-electron chi connectivity index (χ1n) is 6.82. The monoisotopic (exact) mass is 275 g/mol. The summed E-state index contributed by atoms with van der Waals surface area (Å²) in [5.74, 6) is -0.698. The fourth-order valence-electron chi connectivity index (χ4n) is 2.72. The van der Waals surface area contributed by atoms with Gasteiger partial charge in [0.15, 0.2) is 5.58 Å². The Morgan fingerprint density at radius 1 is 1.40 bits per heavy atom. The molecule has 1 amide bonds. The second-order valence-corrected chi connectivity index (χ2v) is 5.23. The van der Waals surface area contributed by atoms with Crippen LogP contribution in [0.5, 0.6) is 0 Å². The van der Waals surface area contributed by atoms with Crippen molar-refractivity contribution in [2.75, 3.05) is 5.73 Å². The molecule has 0 spiro atoms. The Labute approximate surface area is 115 Å². The van der Waals surface area contributed by atoms with E-state index < -0.39 is 5.76 Å². The number of amides is 1. The summed E-state index contributed by atoms with van der Waals surface area (Å²) in [5, 5.41) is 2.95. The van der Waals surface area contributed by atoms with Crippen LogP contribution in [0.2, 0.25) is 0 Å². The minimum atomic E-state index is -0.535. The van der Waals surface area contributed by atoms with Gasteiger partial charge in [0.25, 0.3) is 0 Å². The molecule has 0 radical (unpaired) electrons. The molecular weight excluding hydrogens is 258 g/mol. The average molecular weight is 275 g/mol. The summed E-state index contributed by atoms with van der Waals surface area (Å²) in [5.41, 5.74) is 7.23. The summed E-state index contributed by atoms with van der Waals surface area (Å²) in [6.07, 6.45) is 4.32. The summed E-state index contributed by atoms with van der Waals surface area (Å²) in [4.78, 5) is 23.8. The van der Waals surface area contributed by atoms with Gasteiger partial charge in [0.1, 0.15) is 6.54 Å². The zero-order chi connectivity index (χ0) is 14.1. The van der Waals surface area contributed by atoms with E-state index in [0.717, 1.165) is 25.7 Å². The molecule has 106 valence electrons. The van der Waals surface area contributed by atoms with E-state index in [-0.39, 0.29) is 18.5 Å². The molecule has 1 fully saturated rings. The van der Waals surface area contributed by atoms with Crippen LogP contribution in [0, 0.1) is 0 Å². The van der Waals surface area contributed by atoms with Crippen LogP contribution >= 0.6 is 0 Å². The van der Waals surface area contributed by atoms with Crippen LogP contribution in [-0.4, -0.2) is 16.5 Å². The van der Waals surface area contributed by atoms with Gasteiger partial charge in [-0.2, -0.15) is 0 Å². The Morgan fingerprint density at radius 3 is 2.90 bits per heavy atom. The van der Waals surface area contributed by atoms with E-state index in [0.29, 0.717) is 16.8 Å². The van der Waals surface area contributed by atoms with Crippen LogP contribution in [0.1, 0.15) is 25.7 Å². The topological polar surface area (TPSA) is 90.3 Å². The molecule has 1 heterocycles. The number of benzene rings is 1. The lowest BCUT2D eigenvalue weighted by Crippen LogP contribution is -2.36. The molecule has 1 aromatic heterocycles. The van der Waals surface area contributed by atoms with Gasteiger partial charge in [-0.15, -0.1) is 0 Å². The first kappa shape index (κ1) is 12.8. The van der Waals surface area contributed by atoms with Gasteiger partial charge < -0.3 is 15.5 Å². The van der Waals surface area contributed by atoms with E-state index in [1.54, 1.807) is 18.2 Å². The number of carbonyl (C=O) groups excluding carboxylic acids is 1. The summed E-state index contributed by atoms with van der Waals surface area (Å²) >= 11 is 0. The summed E-state index contributed by atoms with van der Waals surface area (Å²) in [7, 11) is 0. The van der Waals surface area contributed by atoms with Crippen LogP contribution in [0.25, 0.3) is 11.1 Å². The summed E-state index contributed by atoms with van der Waals surface area (Å²) in [6, 6.07) is 5.18. The van der Waals surface area contributed by atoms with Gasteiger partial charge in [0.05, 0.1) is 5.52 Å². The van der Waals surface area contributed by atoms with Gasteiger partial charge in [-0.05, 0) is 31.0 Å². The molecule has 6 heteroatoms. The number of fused-ring (bicyclic) bond motifs is 1. The van der Waals surface area contributed by atoms with Crippen LogP contribution in [0.3, 0.4) is 0 Å². The molecule has 2 aromatic rings. The Balaban J connectivity index is 1.82. The maximum atomic E-state index is 12.0. The van der Waals surface area contributed by atoms with E-state index in [1.165, 1.54) is 4.57 Å². The molecule has 0 unspecified atom stereocenters. The third kappa shape index (κ3) is 2.41. The highest BCUT2D eigenvalue weighted by Crippen LogP contribution is 2.18. The minimum absolute atomic E-state index is 0.0359. The number of nitrogens with one attached hydrogen (secondary N) is 1. The highest BCUT2D eigenvalue weighted by molar-refractivity contribution is 5.81. The van der Waals surface area contributed by atoms with Gasteiger partial charge >= 0.3 is 5.76 Å². The Bertz CT molecular complexity index is 695. The summed E-state index contributed by atoms with van der Waals surface area (Å²) in [6.45, 7) is -0.0359. The normalized spacial score (nSPS) is 15.8. The number of hydrogen-bond acceptors (Lipinski definition) is 4. The average Bonchev–Trinajstić information content (AvgIpc) is 3.00. The molecule has 1 saturated carbocycles. The van der Waals surface area contributed by atoms with Gasteiger partial charge in [-0.3, -0.25) is 9.36 Å². The molecule has 0 saturated heterocycles. The minimum Gasteiger partial charge on any atom is -0.408 e. The van der Waals surface area contributed by atoms with Gasteiger partial charge in [0.2, 0.25) is 5.91 Å². The molecular formula is C14H17N3O3. The fraction of sp³-hybridized carbons (Fsp3) is 0.429. The number of hydrogen-bond donors (Lipinski definition) is 2. The molecule has 20 heavy (non-hydrogen) atoms. The van der Waals surface area contributed by atoms with Crippen molar-refractivity contribution in [2.24, 2.45) is 0 Å². The van der Waals surface area contributed by atoms with Crippen molar-refractivity contribution in [1.29, 1.82) is 0 Å². The van der Waals surface area contributed by atoms with Gasteiger partial charge in [-0.25, -0.2) is 4.79 Å². The van der Waals surface area contributed by atoms with E-state index >= 15 is 0 Å². The molecule has 0 aliphatic heterocycles. The zero-order valence-electron chi connectivity index (χ0n) is 11.1. The van der Waals surface area contributed by atoms with Crippen molar-refractivity contribution in [3.8, 4) is 0 Å². The number of rotatable bonds is 3.